The molecule has 0 spiro atoms. The van der Waals surface area contributed by atoms with Crippen LogP contribution in [0.2, 0.25) is 0 Å². The topological polar surface area (TPSA) is 32.3 Å². The van der Waals surface area contributed by atoms with Crippen LogP contribution in [0, 0.1) is 5.92 Å². The van der Waals surface area contributed by atoms with Crippen molar-refractivity contribution in [3.05, 3.63) is 65.2 Å². The minimum absolute atomic E-state index is 0.0229. The summed E-state index contributed by atoms with van der Waals surface area (Å²) in [5.74, 6) is 0.810. The van der Waals surface area contributed by atoms with Crippen molar-refractivity contribution < 1.29 is 4.79 Å². The maximum atomic E-state index is 12.6. The zero-order chi connectivity index (χ0) is 20.3. The average molecular weight is 379 g/mol. The summed E-state index contributed by atoms with van der Waals surface area (Å²) in [6.45, 7) is 13.2. The monoisotopic (exact) mass is 378 g/mol. The highest BCUT2D eigenvalue weighted by Gasteiger charge is 2.18. The van der Waals surface area contributed by atoms with E-state index in [0.717, 1.165) is 24.6 Å². The molecule has 1 aliphatic rings. The van der Waals surface area contributed by atoms with Crippen LogP contribution in [0.3, 0.4) is 0 Å². The Labute approximate surface area is 170 Å². The molecule has 1 N–H and O–H groups in total. The summed E-state index contributed by atoms with van der Waals surface area (Å²) in [4.78, 5) is 15.1. The summed E-state index contributed by atoms with van der Waals surface area (Å²) in [6.07, 6.45) is 2.53. The fourth-order valence-electron chi connectivity index (χ4n) is 3.73. The van der Waals surface area contributed by atoms with Gasteiger partial charge in [-0.25, -0.2) is 0 Å². The maximum Gasteiger partial charge on any atom is 0.251 e. The van der Waals surface area contributed by atoms with Gasteiger partial charge in [0, 0.05) is 24.3 Å². The number of anilines is 1. The zero-order valence-corrected chi connectivity index (χ0v) is 18.0. The first kappa shape index (κ1) is 20.4. The van der Waals surface area contributed by atoms with Crippen molar-refractivity contribution in [3.8, 4) is 0 Å². The number of rotatable bonds is 4. The fourth-order valence-corrected chi connectivity index (χ4v) is 3.73. The maximum absolute atomic E-state index is 12.6. The van der Waals surface area contributed by atoms with Gasteiger partial charge in [0.25, 0.3) is 5.91 Å². The second kappa shape index (κ2) is 8.38. The largest absolute Gasteiger partial charge is 0.372 e. The molecule has 1 heterocycles. The van der Waals surface area contributed by atoms with E-state index in [-0.39, 0.29) is 17.4 Å². The van der Waals surface area contributed by atoms with E-state index >= 15 is 0 Å². The fraction of sp³-hybridized carbons (Fsp3) is 0.480. The molecule has 0 radical (unpaired) electrons. The van der Waals surface area contributed by atoms with Gasteiger partial charge in [0.1, 0.15) is 0 Å². The highest BCUT2D eigenvalue weighted by molar-refractivity contribution is 5.94. The first-order valence-corrected chi connectivity index (χ1v) is 10.5. The van der Waals surface area contributed by atoms with E-state index in [1.54, 1.807) is 0 Å². The molecule has 150 valence electrons. The minimum Gasteiger partial charge on any atom is -0.372 e. The van der Waals surface area contributed by atoms with Crippen LogP contribution >= 0.6 is 0 Å². The van der Waals surface area contributed by atoms with E-state index in [1.807, 2.05) is 31.2 Å². The van der Waals surface area contributed by atoms with Gasteiger partial charge in [-0.15, -0.1) is 0 Å². The normalized spacial score (nSPS) is 16.7. The predicted octanol–water partition coefficient (Wildman–Crippen LogP) is 5.71. The van der Waals surface area contributed by atoms with E-state index < -0.39 is 0 Å². The number of amides is 1. The Morgan fingerprint density at radius 3 is 2.11 bits per heavy atom. The molecule has 1 amide bonds. The highest BCUT2D eigenvalue weighted by Crippen LogP contribution is 2.25. The van der Waals surface area contributed by atoms with Gasteiger partial charge in [-0.3, -0.25) is 4.79 Å². The number of nitrogens with zero attached hydrogens (tertiary/aromatic N) is 1. The third kappa shape index (κ3) is 4.95. The molecule has 1 fully saturated rings. The standard InChI is InChI=1S/C25H34N2O/c1-18-14-16-27(17-15-18)23-12-8-20(9-13-23)19(2)26-24(28)21-6-10-22(11-7-21)25(3,4)5/h6-13,18-19H,14-17H2,1-5H3,(H,26,28). The summed E-state index contributed by atoms with van der Waals surface area (Å²) < 4.78 is 0. The molecule has 0 aliphatic carbocycles. The number of hydrogen-bond acceptors (Lipinski definition) is 2. The minimum atomic E-state index is -0.0259. The smallest absolute Gasteiger partial charge is 0.251 e. The first-order valence-electron chi connectivity index (χ1n) is 10.5. The lowest BCUT2D eigenvalue weighted by Crippen LogP contribution is -2.32. The van der Waals surface area contributed by atoms with Crippen LogP contribution in [0.1, 0.15) is 75.0 Å². The van der Waals surface area contributed by atoms with Crippen LogP contribution in [0.25, 0.3) is 0 Å². The third-order valence-corrected chi connectivity index (χ3v) is 5.90. The Bertz CT molecular complexity index is 779. The van der Waals surface area contributed by atoms with Gasteiger partial charge in [-0.05, 0) is 66.5 Å². The van der Waals surface area contributed by atoms with Crippen molar-refractivity contribution >= 4 is 11.6 Å². The Morgan fingerprint density at radius 1 is 1.00 bits per heavy atom. The first-order chi connectivity index (χ1) is 13.2. The lowest BCUT2D eigenvalue weighted by molar-refractivity contribution is 0.0940. The molecule has 3 nitrogen and oxygen atoms in total. The molecule has 28 heavy (non-hydrogen) atoms. The molecule has 2 aromatic rings. The van der Waals surface area contributed by atoms with Gasteiger partial charge in [-0.1, -0.05) is 52.0 Å². The quantitative estimate of drug-likeness (QED) is 0.739. The molecule has 1 unspecified atom stereocenters. The molecule has 1 atom stereocenters. The number of carbonyl (C=O) groups is 1. The van der Waals surface area contributed by atoms with E-state index in [9.17, 15) is 4.79 Å². The number of piperidine rings is 1. The summed E-state index contributed by atoms with van der Waals surface area (Å²) in [5.41, 5.74) is 4.45. The Kier molecular flexibility index (Phi) is 6.12. The molecule has 3 rings (SSSR count). The highest BCUT2D eigenvalue weighted by atomic mass is 16.1. The van der Waals surface area contributed by atoms with Crippen molar-refractivity contribution in [2.45, 2.75) is 58.9 Å². The van der Waals surface area contributed by atoms with E-state index in [1.165, 1.54) is 24.1 Å². The molecule has 0 aromatic heterocycles. The number of carbonyl (C=O) groups excluding carboxylic acids is 1. The van der Waals surface area contributed by atoms with E-state index in [2.05, 4.69) is 62.2 Å². The van der Waals surface area contributed by atoms with E-state index in [0.29, 0.717) is 5.56 Å². The van der Waals surface area contributed by atoms with Gasteiger partial charge in [0.05, 0.1) is 6.04 Å². The van der Waals surface area contributed by atoms with Gasteiger partial charge < -0.3 is 10.2 Å². The molecule has 2 aromatic carbocycles. The van der Waals surface area contributed by atoms with Crippen LogP contribution in [0.4, 0.5) is 5.69 Å². The number of benzene rings is 2. The second-order valence-electron chi connectivity index (χ2n) is 9.28. The molecule has 3 heteroatoms. The summed E-state index contributed by atoms with van der Waals surface area (Å²) in [6, 6.07) is 16.6. The molecule has 0 bridgehead atoms. The predicted molar refractivity (Wildman–Crippen MR) is 118 cm³/mol. The summed E-state index contributed by atoms with van der Waals surface area (Å²) in [5, 5.41) is 3.12. The van der Waals surface area contributed by atoms with Crippen molar-refractivity contribution in [2.75, 3.05) is 18.0 Å². The van der Waals surface area contributed by atoms with Crippen molar-refractivity contribution in [1.82, 2.24) is 5.32 Å². The van der Waals surface area contributed by atoms with Crippen LogP contribution in [-0.2, 0) is 5.41 Å². The second-order valence-corrected chi connectivity index (χ2v) is 9.28. The molecule has 1 aliphatic heterocycles. The lowest BCUT2D eigenvalue weighted by Gasteiger charge is -2.32. The molecular weight excluding hydrogens is 344 g/mol. The van der Waals surface area contributed by atoms with Crippen molar-refractivity contribution in [1.29, 1.82) is 0 Å². The van der Waals surface area contributed by atoms with Crippen molar-refractivity contribution in [3.63, 3.8) is 0 Å². The molecule has 1 saturated heterocycles. The van der Waals surface area contributed by atoms with Crippen LogP contribution in [0.5, 0.6) is 0 Å². The summed E-state index contributed by atoms with van der Waals surface area (Å²) >= 11 is 0. The summed E-state index contributed by atoms with van der Waals surface area (Å²) in [7, 11) is 0. The Balaban J connectivity index is 1.61. The SMILES string of the molecule is CC1CCN(c2ccc(C(C)NC(=O)c3ccc(C(C)(C)C)cc3)cc2)CC1. The average Bonchev–Trinajstić information content (AvgIpc) is 2.68. The molecular formula is C25H34N2O. The number of hydrogen-bond donors (Lipinski definition) is 1. The van der Waals surface area contributed by atoms with Gasteiger partial charge >= 0.3 is 0 Å². The third-order valence-electron chi connectivity index (χ3n) is 5.90. The van der Waals surface area contributed by atoms with Crippen LogP contribution in [-0.4, -0.2) is 19.0 Å². The van der Waals surface area contributed by atoms with Crippen LogP contribution < -0.4 is 10.2 Å². The number of nitrogens with one attached hydrogen (secondary N) is 1. The zero-order valence-electron chi connectivity index (χ0n) is 18.0. The van der Waals surface area contributed by atoms with Gasteiger partial charge in [0.15, 0.2) is 0 Å². The lowest BCUT2D eigenvalue weighted by atomic mass is 9.86. The Morgan fingerprint density at radius 2 is 1.57 bits per heavy atom. The Hall–Kier alpha value is -2.29. The van der Waals surface area contributed by atoms with E-state index in [4.69, 9.17) is 0 Å². The van der Waals surface area contributed by atoms with Gasteiger partial charge in [0.2, 0.25) is 0 Å². The van der Waals surface area contributed by atoms with Gasteiger partial charge in [-0.2, -0.15) is 0 Å². The van der Waals surface area contributed by atoms with Crippen molar-refractivity contribution in [2.24, 2.45) is 5.92 Å². The molecule has 0 saturated carbocycles. The van der Waals surface area contributed by atoms with Crippen LogP contribution in [0.15, 0.2) is 48.5 Å².